The molecule has 20 nitrogen and oxygen atoms in total. The topological polar surface area (TPSA) is 259 Å². The van der Waals surface area contributed by atoms with E-state index in [1.54, 1.807) is 28.2 Å². The average molecular weight is 1020 g/mol. The van der Waals surface area contributed by atoms with E-state index in [2.05, 4.69) is 80.5 Å². The first-order chi connectivity index (χ1) is 34.3. The van der Waals surface area contributed by atoms with Crippen LogP contribution in [0.2, 0.25) is 0 Å². The Labute approximate surface area is 429 Å². The summed E-state index contributed by atoms with van der Waals surface area (Å²) in [6, 6.07) is 7.35. The summed E-state index contributed by atoms with van der Waals surface area (Å²) < 4.78 is 11.7. The van der Waals surface area contributed by atoms with Crippen molar-refractivity contribution in [2.24, 2.45) is 23.5 Å². The summed E-state index contributed by atoms with van der Waals surface area (Å²) >= 11 is 0. The van der Waals surface area contributed by atoms with Crippen LogP contribution >= 0.6 is 0 Å². The van der Waals surface area contributed by atoms with E-state index < -0.39 is 17.7 Å². The summed E-state index contributed by atoms with van der Waals surface area (Å²) in [6.45, 7) is 17.6. The Kier molecular flexibility index (Phi) is 35.2. The quantitative estimate of drug-likeness (QED) is 0.0601. The lowest BCUT2D eigenvalue weighted by atomic mass is 9.89. The standard InChI is InChI=1S/C27H51N3O4.C13H19N3O2.C8H8N2O4.C3H8.CH3NO/c1-9-20(4)26(29(6)24(31)16-21-12-10-14-28(5)18-21)23(33-7)17-25(32)30-15-11-13-22(30)27(34-8)19(2)3;1-10(14-2)13(18)16-12-5-3-4-11(8-12)6-7-15-9-17;11-4-3-9-6(12)5-10-7(13)1-2-8(10)14;1-3-2;2-1-3/h19-23,26-27H,9-18H2,1-8H3;3-5,8-10,14H,6-7H2,1-2H3,(H,15,17)(H,16,18);1-2,4H,3,5H2,(H,9,12);3H2,1-2H3;1H,(H2,2,3). The lowest BCUT2D eigenvalue weighted by Crippen LogP contribution is -2.52. The molecule has 0 aromatic heterocycles. The lowest BCUT2D eigenvalue weighted by molar-refractivity contribution is -0.145. The van der Waals surface area contributed by atoms with Gasteiger partial charge in [-0.15, -0.1) is 0 Å². The molecule has 0 aliphatic carbocycles. The molecule has 7 unspecified atom stereocenters. The SMILES string of the molecule is CCC.CCC(C)C(C(CC(=O)N1CCCC1C(OC)C(C)C)OC)N(C)C(=O)CC1CCCN(C)C1.CNC(C)C(=O)Nc1cccc(CCNC=O)c1.NC=O.O=CCNC(=O)CN1C(=O)C=CC1=O. The van der Waals surface area contributed by atoms with E-state index in [0.29, 0.717) is 43.9 Å². The summed E-state index contributed by atoms with van der Waals surface area (Å²) in [5.41, 5.74) is 6.00. The predicted octanol–water partition coefficient (Wildman–Crippen LogP) is 2.92. The number of imide groups is 1. The number of carbonyl (C=O) groups is 9. The monoisotopic (exact) mass is 1020 g/mol. The van der Waals surface area contributed by atoms with E-state index in [0.717, 1.165) is 86.5 Å². The number of primary amides is 1. The number of ether oxygens (including phenoxy) is 2. The van der Waals surface area contributed by atoms with Gasteiger partial charge in [0.05, 0.1) is 43.3 Å². The lowest BCUT2D eigenvalue weighted by Gasteiger charge is -2.40. The van der Waals surface area contributed by atoms with Crippen LogP contribution in [0.25, 0.3) is 0 Å². The zero-order valence-corrected chi connectivity index (χ0v) is 45.3. The average Bonchev–Trinajstić information content (AvgIpc) is 3.96. The molecule has 4 rings (SSSR count). The third kappa shape index (κ3) is 24.7. The molecule has 3 aliphatic rings. The van der Waals surface area contributed by atoms with Crippen molar-refractivity contribution in [2.45, 2.75) is 137 Å². The van der Waals surface area contributed by atoms with Gasteiger partial charge < -0.3 is 56.0 Å². The van der Waals surface area contributed by atoms with Crippen molar-refractivity contribution in [2.75, 3.05) is 79.9 Å². The van der Waals surface area contributed by atoms with Crippen molar-refractivity contribution in [3.8, 4) is 0 Å². The summed E-state index contributed by atoms with van der Waals surface area (Å²) in [4.78, 5) is 107. The molecule has 0 radical (unpaired) electrons. The Morgan fingerprint density at radius 2 is 1.57 bits per heavy atom. The fourth-order valence-electron chi connectivity index (χ4n) is 8.59. The number of methoxy groups -OCH3 is 2. The first-order valence-electron chi connectivity index (χ1n) is 25.2. The molecule has 0 spiro atoms. The second-order valence-electron chi connectivity index (χ2n) is 18.5. The summed E-state index contributed by atoms with van der Waals surface area (Å²) in [6.07, 6.45) is 11.4. The normalized spacial score (nSPS) is 18.1. The molecule has 0 bridgehead atoms. The number of piperidine rings is 1. The van der Waals surface area contributed by atoms with E-state index in [9.17, 15) is 38.4 Å². The minimum Gasteiger partial charge on any atom is -0.379 e. The molecule has 72 heavy (non-hydrogen) atoms. The Bertz CT molecular complexity index is 1820. The number of hydrogen-bond donors (Lipinski definition) is 5. The summed E-state index contributed by atoms with van der Waals surface area (Å²) in [7, 11) is 9.20. The van der Waals surface area contributed by atoms with Gasteiger partial charge >= 0.3 is 0 Å². The Balaban J connectivity index is 0.00000110. The van der Waals surface area contributed by atoms with E-state index in [1.807, 2.05) is 41.1 Å². The van der Waals surface area contributed by atoms with Crippen molar-refractivity contribution in [3.63, 3.8) is 0 Å². The highest BCUT2D eigenvalue weighted by molar-refractivity contribution is 6.14. The van der Waals surface area contributed by atoms with Crippen LogP contribution in [0.1, 0.15) is 105 Å². The number of hydrogen-bond acceptors (Lipinski definition) is 13. The smallest absolute Gasteiger partial charge is 0.254 e. The van der Waals surface area contributed by atoms with Crippen LogP contribution in [-0.4, -0.2) is 179 Å². The first-order valence-corrected chi connectivity index (χ1v) is 25.2. The molecule has 408 valence electrons. The number of rotatable bonds is 23. The second-order valence-corrected chi connectivity index (χ2v) is 18.5. The molecule has 6 N–H and O–H groups in total. The number of aldehydes is 1. The number of carbonyl (C=O) groups excluding carboxylic acids is 9. The molecule has 3 aliphatic heterocycles. The first kappa shape index (κ1) is 66.4. The van der Waals surface area contributed by atoms with Crippen LogP contribution in [0.4, 0.5) is 5.69 Å². The fraction of sp³-hybridized carbons (Fsp3) is 0.673. The molecule has 7 atom stereocenters. The number of nitrogens with two attached hydrogens (primary N) is 1. The maximum Gasteiger partial charge on any atom is 0.254 e. The van der Waals surface area contributed by atoms with Crippen LogP contribution < -0.4 is 27.0 Å². The third-order valence-corrected chi connectivity index (χ3v) is 12.5. The highest BCUT2D eigenvalue weighted by Crippen LogP contribution is 2.30. The van der Waals surface area contributed by atoms with Crippen molar-refractivity contribution in [1.82, 2.24) is 35.6 Å². The minimum absolute atomic E-state index is 0.0377. The number of amides is 8. The van der Waals surface area contributed by atoms with Crippen LogP contribution in [0, 0.1) is 17.8 Å². The number of nitrogens with zero attached hydrogens (tertiary/aromatic N) is 4. The molecule has 1 aromatic rings. The summed E-state index contributed by atoms with van der Waals surface area (Å²) in [5, 5.41) is 10.5. The van der Waals surface area contributed by atoms with Crippen molar-refractivity contribution >= 4 is 60.2 Å². The zero-order chi connectivity index (χ0) is 54.8. The van der Waals surface area contributed by atoms with E-state index in [1.165, 1.54) is 6.42 Å². The third-order valence-electron chi connectivity index (χ3n) is 12.5. The molecule has 3 heterocycles. The van der Waals surface area contributed by atoms with E-state index >= 15 is 0 Å². The Morgan fingerprint density at radius 3 is 2.10 bits per heavy atom. The highest BCUT2D eigenvalue weighted by Gasteiger charge is 2.40. The van der Waals surface area contributed by atoms with Crippen LogP contribution in [0.15, 0.2) is 36.4 Å². The van der Waals surface area contributed by atoms with Gasteiger partial charge in [0, 0.05) is 65.2 Å². The largest absolute Gasteiger partial charge is 0.379 e. The van der Waals surface area contributed by atoms with Gasteiger partial charge in [-0.1, -0.05) is 66.5 Å². The molecule has 0 saturated carbocycles. The fourth-order valence-corrected chi connectivity index (χ4v) is 8.59. The van der Waals surface area contributed by atoms with Crippen LogP contribution in [0.5, 0.6) is 0 Å². The molecular formula is C52H89N9O11. The van der Waals surface area contributed by atoms with Gasteiger partial charge in [0.1, 0.15) is 12.8 Å². The maximum atomic E-state index is 13.5. The highest BCUT2D eigenvalue weighted by atomic mass is 16.5. The predicted molar refractivity (Wildman–Crippen MR) is 279 cm³/mol. The van der Waals surface area contributed by atoms with Gasteiger partial charge in [0.2, 0.25) is 36.4 Å². The number of likely N-dealkylation sites (tertiary alicyclic amines) is 2. The molecule has 2 fully saturated rings. The van der Waals surface area contributed by atoms with E-state index in [4.69, 9.17) is 14.3 Å². The van der Waals surface area contributed by atoms with Gasteiger partial charge in [-0.05, 0) is 95.1 Å². The molecular weight excluding hydrogens is 927 g/mol. The van der Waals surface area contributed by atoms with E-state index in [-0.39, 0.29) is 73.5 Å². The van der Waals surface area contributed by atoms with Crippen LogP contribution in [-0.2, 0) is 59.0 Å². The Hall–Kier alpha value is -5.57. The maximum absolute atomic E-state index is 13.5. The van der Waals surface area contributed by atoms with Crippen molar-refractivity contribution in [1.29, 1.82) is 0 Å². The molecule has 8 amide bonds. The molecule has 1 aromatic carbocycles. The Morgan fingerprint density at radius 1 is 0.944 bits per heavy atom. The molecule has 2 saturated heterocycles. The summed E-state index contributed by atoms with van der Waals surface area (Å²) in [5.74, 6) is -0.384. The van der Waals surface area contributed by atoms with Crippen molar-refractivity contribution < 1.29 is 52.6 Å². The second kappa shape index (κ2) is 38.1. The zero-order valence-electron chi connectivity index (χ0n) is 45.3. The van der Waals surface area contributed by atoms with Crippen LogP contribution in [0.3, 0.4) is 0 Å². The van der Waals surface area contributed by atoms with Gasteiger partial charge in [-0.3, -0.25) is 43.3 Å². The number of nitrogens with one attached hydrogen (secondary N) is 4. The number of benzene rings is 1. The van der Waals surface area contributed by atoms with Gasteiger partial charge in [0.25, 0.3) is 11.8 Å². The number of likely N-dealkylation sites (N-methyl/N-ethyl adjacent to an activating group) is 2. The minimum atomic E-state index is -0.539. The van der Waals surface area contributed by atoms with Crippen molar-refractivity contribution in [3.05, 3.63) is 42.0 Å². The van der Waals surface area contributed by atoms with Gasteiger partial charge in [-0.25, -0.2) is 0 Å². The molecule has 20 heteroatoms. The van der Waals surface area contributed by atoms with Gasteiger partial charge in [-0.2, -0.15) is 0 Å². The number of anilines is 1. The van der Waals surface area contributed by atoms with Gasteiger partial charge in [0.15, 0.2) is 0 Å².